The van der Waals surface area contributed by atoms with Crippen LogP contribution in [0, 0.1) is 0 Å². The van der Waals surface area contributed by atoms with Gasteiger partial charge in [0.2, 0.25) is 5.91 Å². The van der Waals surface area contributed by atoms with Crippen LogP contribution < -0.4 is 10.9 Å². The van der Waals surface area contributed by atoms with E-state index in [1.54, 1.807) is 12.3 Å². The first-order chi connectivity index (χ1) is 13.6. The molecule has 1 amide bonds. The molecule has 1 N–H and O–H groups in total. The molecule has 1 aliphatic heterocycles. The number of rotatable bonds is 6. The van der Waals surface area contributed by atoms with Gasteiger partial charge < -0.3 is 14.6 Å². The van der Waals surface area contributed by atoms with Crippen LogP contribution in [0.15, 0.2) is 41.5 Å². The van der Waals surface area contributed by atoms with E-state index in [2.05, 4.69) is 22.1 Å². The van der Waals surface area contributed by atoms with Crippen LogP contribution in [0.1, 0.15) is 32.6 Å². The van der Waals surface area contributed by atoms with Crippen LogP contribution in [-0.2, 0) is 11.3 Å². The summed E-state index contributed by atoms with van der Waals surface area (Å²) in [7, 11) is 0. The number of hydrogen-bond donors (Lipinski definition) is 1. The van der Waals surface area contributed by atoms with E-state index >= 15 is 0 Å². The summed E-state index contributed by atoms with van der Waals surface area (Å²) in [5.74, 6) is -0.156. The molecule has 4 heterocycles. The largest absolute Gasteiger partial charge is 0.354 e. The molecule has 1 fully saturated rings. The third-order valence-corrected chi connectivity index (χ3v) is 5.68. The first-order valence-electron chi connectivity index (χ1n) is 10.1. The Morgan fingerprint density at radius 1 is 1.25 bits per heavy atom. The zero-order valence-corrected chi connectivity index (χ0v) is 16.3. The number of amides is 1. The molecular formula is C21H27N5O2. The van der Waals surface area contributed by atoms with Crippen LogP contribution in [0.3, 0.4) is 0 Å². The fraction of sp³-hybridized carbons (Fsp3) is 0.476. The van der Waals surface area contributed by atoms with Crippen LogP contribution in [0.25, 0.3) is 16.7 Å². The monoisotopic (exact) mass is 381 g/mol. The molecule has 4 rings (SSSR count). The van der Waals surface area contributed by atoms with Crippen LogP contribution in [0.4, 0.5) is 0 Å². The van der Waals surface area contributed by atoms with Crippen LogP contribution >= 0.6 is 0 Å². The van der Waals surface area contributed by atoms with Gasteiger partial charge in [0.05, 0.1) is 5.52 Å². The maximum absolute atomic E-state index is 12.8. The van der Waals surface area contributed by atoms with E-state index in [-0.39, 0.29) is 18.0 Å². The molecule has 28 heavy (non-hydrogen) atoms. The van der Waals surface area contributed by atoms with Crippen molar-refractivity contribution in [3.05, 3.63) is 47.0 Å². The molecule has 0 aromatic carbocycles. The Hall–Kier alpha value is -2.67. The molecule has 3 aromatic heterocycles. The second-order valence-corrected chi connectivity index (χ2v) is 7.59. The molecule has 1 atom stereocenters. The third-order valence-electron chi connectivity index (χ3n) is 5.68. The predicted octanol–water partition coefficient (Wildman–Crippen LogP) is 2.03. The highest BCUT2D eigenvalue weighted by Crippen LogP contribution is 2.16. The number of aromatic nitrogens is 3. The van der Waals surface area contributed by atoms with Gasteiger partial charge in [-0.2, -0.15) is 0 Å². The molecule has 1 saturated heterocycles. The van der Waals surface area contributed by atoms with Crippen LogP contribution in [-0.4, -0.2) is 50.4 Å². The lowest BCUT2D eigenvalue weighted by Crippen LogP contribution is -2.39. The first-order valence-corrected chi connectivity index (χ1v) is 10.1. The van der Waals surface area contributed by atoms with Crippen molar-refractivity contribution in [2.24, 2.45) is 0 Å². The molecule has 1 unspecified atom stereocenters. The van der Waals surface area contributed by atoms with Gasteiger partial charge in [-0.3, -0.25) is 14.2 Å². The first kappa shape index (κ1) is 18.7. The van der Waals surface area contributed by atoms with Gasteiger partial charge in [-0.25, -0.2) is 4.98 Å². The molecule has 3 aromatic rings. The van der Waals surface area contributed by atoms with E-state index in [0.717, 1.165) is 25.0 Å². The average Bonchev–Trinajstić information content (AvgIpc) is 3.20. The maximum Gasteiger partial charge on any atom is 0.276 e. The van der Waals surface area contributed by atoms with Crippen molar-refractivity contribution in [3.63, 3.8) is 0 Å². The van der Waals surface area contributed by atoms with E-state index in [0.29, 0.717) is 23.8 Å². The molecule has 0 aliphatic carbocycles. The van der Waals surface area contributed by atoms with E-state index in [4.69, 9.17) is 0 Å². The SMILES string of the molecule is CC1CCCCN1CCCNC(=O)Cn1c(=O)c2cccn2c2cccnc21. The number of piperidine rings is 1. The fourth-order valence-corrected chi connectivity index (χ4v) is 4.13. The quantitative estimate of drug-likeness (QED) is 0.663. The van der Waals surface area contributed by atoms with Gasteiger partial charge in [0.1, 0.15) is 12.1 Å². The van der Waals surface area contributed by atoms with Gasteiger partial charge >= 0.3 is 0 Å². The maximum atomic E-state index is 12.8. The third kappa shape index (κ3) is 3.67. The summed E-state index contributed by atoms with van der Waals surface area (Å²) in [4.78, 5) is 32.2. The van der Waals surface area contributed by atoms with Crippen molar-refractivity contribution in [1.29, 1.82) is 0 Å². The predicted molar refractivity (Wildman–Crippen MR) is 109 cm³/mol. The highest BCUT2D eigenvalue weighted by Gasteiger charge is 2.17. The lowest BCUT2D eigenvalue weighted by molar-refractivity contribution is -0.121. The van der Waals surface area contributed by atoms with Crippen molar-refractivity contribution in [3.8, 4) is 0 Å². The standard InChI is InChI=1S/C21H27N5O2/c1-16-7-2-3-12-24(16)13-6-11-22-19(27)15-26-20-17(8-4-10-23-20)25-14-5-9-18(25)21(26)28/h4-5,8-10,14,16H,2-3,6-7,11-13,15H2,1H3,(H,22,27). The lowest BCUT2D eigenvalue weighted by Gasteiger charge is -2.33. The Bertz CT molecular complexity index is 1040. The second-order valence-electron chi connectivity index (χ2n) is 7.59. The van der Waals surface area contributed by atoms with Crippen molar-refractivity contribution in [2.75, 3.05) is 19.6 Å². The molecule has 0 bridgehead atoms. The Morgan fingerprint density at radius 2 is 2.11 bits per heavy atom. The summed E-state index contributed by atoms with van der Waals surface area (Å²) in [5, 5.41) is 2.96. The summed E-state index contributed by atoms with van der Waals surface area (Å²) >= 11 is 0. The number of nitrogens with zero attached hydrogens (tertiary/aromatic N) is 4. The number of fused-ring (bicyclic) bond motifs is 3. The van der Waals surface area contributed by atoms with Crippen molar-refractivity contribution >= 4 is 22.6 Å². The molecule has 0 spiro atoms. The van der Waals surface area contributed by atoms with E-state index in [9.17, 15) is 9.59 Å². The zero-order chi connectivity index (χ0) is 19.5. The van der Waals surface area contributed by atoms with Crippen molar-refractivity contribution < 1.29 is 4.79 Å². The molecule has 7 nitrogen and oxygen atoms in total. The number of likely N-dealkylation sites (tertiary alicyclic amines) is 1. The number of nitrogens with one attached hydrogen (secondary N) is 1. The van der Waals surface area contributed by atoms with E-state index in [1.807, 2.05) is 28.8 Å². The van der Waals surface area contributed by atoms with Gasteiger partial charge in [0.25, 0.3) is 5.56 Å². The van der Waals surface area contributed by atoms with Crippen LogP contribution in [0.2, 0.25) is 0 Å². The van der Waals surface area contributed by atoms with Crippen molar-refractivity contribution in [2.45, 2.75) is 45.2 Å². The minimum atomic E-state index is -0.200. The summed E-state index contributed by atoms with van der Waals surface area (Å²) in [6, 6.07) is 7.97. The number of pyridine rings is 1. The number of carbonyl (C=O) groups is 1. The normalized spacial score (nSPS) is 18.0. The van der Waals surface area contributed by atoms with Crippen LogP contribution in [0.5, 0.6) is 0 Å². The average molecular weight is 381 g/mol. The Labute approximate surface area is 164 Å². The molecule has 0 radical (unpaired) electrons. The topological polar surface area (TPSA) is 71.6 Å². The molecule has 7 heteroatoms. The summed E-state index contributed by atoms with van der Waals surface area (Å²) < 4.78 is 3.28. The highest BCUT2D eigenvalue weighted by atomic mass is 16.2. The molecule has 1 aliphatic rings. The van der Waals surface area contributed by atoms with Gasteiger partial charge in [-0.05, 0) is 57.0 Å². The van der Waals surface area contributed by atoms with Gasteiger partial charge in [0.15, 0.2) is 5.65 Å². The molecule has 0 saturated carbocycles. The Morgan fingerprint density at radius 3 is 2.96 bits per heavy atom. The number of carbonyl (C=O) groups excluding carboxylic acids is 1. The van der Waals surface area contributed by atoms with Gasteiger partial charge in [-0.15, -0.1) is 0 Å². The minimum absolute atomic E-state index is 0.0197. The fourth-order valence-electron chi connectivity index (χ4n) is 4.13. The summed E-state index contributed by atoms with van der Waals surface area (Å²) in [6.07, 6.45) is 8.25. The molecular weight excluding hydrogens is 354 g/mol. The summed E-state index contributed by atoms with van der Waals surface area (Å²) in [6.45, 7) is 5.03. The zero-order valence-electron chi connectivity index (χ0n) is 16.3. The Kier molecular flexibility index (Phi) is 5.43. The minimum Gasteiger partial charge on any atom is -0.354 e. The van der Waals surface area contributed by atoms with E-state index < -0.39 is 0 Å². The number of hydrogen-bond acceptors (Lipinski definition) is 4. The summed E-state index contributed by atoms with van der Waals surface area (Å²) in [5.41, 5.74) is 1.68. The lowest BCUT2D eigenvalue weighted by atomic mass is 10.0. The highest BCUT2D eigenvalue weighted by molar-refractivity contribution is 5.80. The second kappa shape index (κ2) is 8.14. The smallest absolute Gasteiger partial charge is 0.276 e. The van der Waals surface area contributed by atoms with Gasteiger partial charge in [-0.1, -0.05) is 6.42 Å². The Balaban J connectivity index is 1.42. The molecule has 148 valence electrons. The van der Waals surface area contributed by atoms with E-state index in [1.165, 1.54) is 23.8 Å². The van der Waals surface area contributed by atoms with Gasteiger partial charge in [0, 0.05) is 31.5 Å². The van der Waals surface area contributed by atoms with Crippen molar-refractivity contribution in [1.82, 2.24) is 24.2 Å².